The Morgan fingerprint density at radius 1 is 1.12 bits per heavy atom. The average molecular weight is 235 g/mol. The van der Waals surface area contributed by atoms with E-state index in [2.05, 4.69) is 38.2 Å². The molecule has 0 aliphatic carbocycles. The van der Waals surface area contributed by atoms with Crippen molar-refractivity contribution in [1.82, 2.24) is 5.32 Å². The van der Waals surface area contributed by atoms with Crippen LogP contribution in [0.5, 0.6) is 5.75 Å². The molecule has 0 atom stereocenters. The molecule has 0 aliphatic rings. The largest absolute Gasteiger partial charge is 0.496 e. The summed E-state index contributed by atoms with van der Waals surface area (Å²) >= 11 is 0. The lowest BCUT2D eigenvalue weighted by atomic mass is 10.1. The fourth-order valence-corrected chi connectivity index (χ4v) is 1.81. The maximum Gasteiger partial charge on any atom is 0.122 e. The number of benzene rings is 1. The van der Waals surface area contributed by atoms with Crippen LogP contribution in [0.1, 0.15) is 39.2 Å². The molecule has 2 nitrogen and oxygen atoms in total. The average Bonchev–Trinajstić information content (AvgIpc) is 2.27. The second-order valence-electron chi connectivity index (χ2n) is 5.45. The Morgan fingerprint density at radius 2 is 1.82 bits per heavy atom. The molecule has 0 heterocycles. The fourth-order valence-electron chi connectivity index (χ4n) is 1.81. The van der Waals surface area contributed by atoms with Gasteiger partial charge in [-0.1, -0.05) is 18.2 Å². The maximum absolute atomic E-state index is 5.34. The lowest BCUT2D eigenvalue weighted by molar-refractivity contribution is 0.405. The zero-order valence-corrected chi connectivity index (χ0v) is 11.5. The van der Waals surface area contributed by atoms with Crippen molar-refractivity contribution in [3.63, 3.8) is 0 Å². The highest BCUT2D eigenvalue weighted by molar-refractivity contribution is 5.33. The second kappa shape index (κ2) is 6.65. The summed E-state index contributed by atoms with van der Waals surface area (Å²) in [5.41, 5.74) is 1.54. The number of rotatable bonds is 6. The van der Waals surface area contributed by atoms with Crippen LogP contribution >= 0.6 is 0 Å². The molecule has 0 fully saturated rings. The monoisotopic (exact) mass is 235 g/mol. The Morgan fingerprint density at radius 3 is 2.47 bits per heavy atom. The highest BCUT2D eigenvalue weighted by Crippen LogP contribution is 2.19. The molecule has 0 saturated carbocycles. The molecule has 2 heteroatoms. The zero-order chi connectivity index (χ0) is 12.7. The molecular formula is C15H25NO. The van der Waals surface area contributed by atoms with Gasteiger partial charge in [0.15, 0.2) is 0 Å². The van der Waals surface area contributed by atoms with Gasteiger partial charge in [-0.3, -0.25) is 0 Å². The molecular weight excluding hydrogens is 210 g/mol. The number of nitrogens with one attached hydrogen (secondary N) is 1. The SMILES string of the molecule is COc1ccccc1CCCCNC(C)(C)C. The van der Waals surface area contributed by atoms with Crippen LogP contribution in [0.25, 0.3) is 0 Å². The summed E-state index contributed by atoms with van der Waals surface area (Å²) in [7, 11) is 1.74. The van der Waals surface area contributed by atoms with E-state index in [1.807, 2.05) is 12.1 Å². The molecule has 0 amide bonds. The molecule has 0 saturated heterocycles. The van der Waals surface area contributed by atoms with Crippen LogP contribution in [-0.4, -0.2) is 19.2 Å². The normalized spacial score (nSPS) is 11.5. The van der Waals surface area contributed by atoms with E-state index in [9.17, 15) is 0 Å². The van der Waals surface area contributed by atoms with Gasteiger partial charge < -0.3 is 10.1 Å². The molecule has 1 N–H and O–H groups in total. The van der Waals surface area contributed by atoms with Crippen molar-refractivity contribution in [2.45, 2.75) is 45.6 Å². The number of ether oxygens (including phenoxy) is 1. The van der Waals surface area contributed by atoms with Crippen molar-refractivity contribution in [3.8, 4) is 5.75 Å². The van der Waals surface area contributed by atoms with Crippen molar-refractivity contribution in [2.24, 2.45) is 0 Å². The second-order valence-corrected chi connectivity index (χ2v) is 5.45. The molecule has 17 heavy (non-hydrogen) atoms. The number of para-hydroxylation sites is 1. The van der Waals surface area contributed by atoms with Crippen LogP contribution in [0.3, 0.4) is 0 Å². The third-order valence-corrected chi connectivity index (χ3v) is 2.72. The third kappa shape index (κ3) is 5.73. The Kier molecular flexibility index (Phi) is 5.49. The van der Waals surface area contributed by atoms with Gasteiger partial charge in [-0.05, 0) is 58.2 Å². The van der Waals surface area contributed by atoms with Gasteiger partial charge in [0.05, 0.1) is 7.11 Å². The van der Waals surface area contributed by atoms with Crippen LogP contribution in [0, 0.1) is 0 Å². The minimum atomic E-state index is 0.227. The highest BCUT2D eigenvalue weighted by Gasteiger charge is 2.07. The van der Waals surface area contributed by atoms with Gasteiger partial charge in [0.2, 0.25) is 0 Å². The van der Waals surface area contributed by atoms with Gasteiger partial charge in [0.1, 0.15) is 5.75 Å². The standard InChI is InChI=1S/C15H25NO/c1-15(2,3)16-12-8-7-10-13-9-5-6-11-14(13)17-4/h5-6,9,11,16H,7-8,10,12H2,1-4H3. The first-order valence-electron chi connectivity index (χ1n) is 6.40. The number of methoxy groups -OCH3 is 1. The third-order valence-electron chi connectivity index (χ3n) is 2.72. The summed E-state index contributed by atoms with van der Waals surface area (Å²) in [5, 5.41) is 3.51. The first-order chi connectivity index (χ1) is 8.03. The van der Waals surface area contributed by atoms with Crippen LogP contribution in [0.15, 0.2) is 24.3 Å². The molecule has 96 valence electrons. The van der Waals surface area contributed by atoms with E-state index in [1.165, 1.54) is 18.4 Å². The molecule has 0 aliphatic heterocycles. The van der Waals surface area contributed by atoms with Crippen molar-refractivity contribution < 1.29 is 4.74 Å². The lowest BCUT2D eigenvalue weighted by Crippen LogP contribution is -2.36. The Bertz CT molecular complexity index is 328. The molecule has 0 aromatic heterocycles. The summed E-state index contributed by atoms with van der Waals surface area (Å²) in [4.78, 5) is 0. The van der Waals surface area contributed by atoms with E-state index < -0.39 is 0 Å². The van der Waals surface area contributed by atoms with Crippen LogP contribution < -0.4 is 10.1 Å². The first kappa shape index (κ1) is 14.0. The van der Waals surface area contributed by atoms with Crippen molar-refractivity contribution in [1.29, 1.82) is 0 Å². The molecule has 0 unspecified atom stereocenters. The van der Waals surface area contributed by atoms with E-state index in [-0.39, 0.29) is 5.54 Å². The predicted octanol–water partition coefficient (Wildman–Crippen LogP) is 3.41. The Hall–Kier alpha value is -1.02. The van der Waals surface area contributed by atoms with Gasteiger partial charge in [0.25, 0.3) is 0 Å². The number of aryl methyl sites for hydroxylation is 1. The maximum atomic E-state index is 5.34. The molecule has 1 aromatic rings. The quantitative estimate of drug-likeness (QED) is 0.763. The molecule has 0 spiro atoms. The van der Waals surface area contributed by atoms with Crippen LogP contribution in [0.2, 0.25) is 0 Å². The van der Waals surface area contributed by atoms with Crippen molar-refractivity contribution in [3.05, 3.63) is 29.8 Å². The van der Waals surface area contributed by atoms with Crippen molar-refractivity contribution in [2.75, 3.05) is 13.7 Å². The van der Waals surface area contributed by atoms with Crippen LogP contribution in [0.4, 0.5) is 0 Å². The lowest BCUT2D eigenvalue weighted by Gasteiger charge is -2.20. The minimum absolute atomic E-state index is 0.227. The van der Waals surface area contributed by atoms with Gasteiger partial charge in [-0.2, -0.15) is 0 Å². The molecule has 1 rings (SSSR count). The van der Waals surface area contributed by atoms with Gasteiger partial charge in [-0.25, -0.2) is 0 Å². The van der Waals surface area contributed by atoms with E-state index in [0.29, 0.717) is 0 Å². The zero-order valence-electron chi connectivity index (χ0n) is 11.5. The fraction of sp³-hybridized carbons (Fsp3) is 0.600. The number of hydrogen-bond acceptors (Lipinski definition) is 2. The van der Waals surface area contributed by atoms with Gasteiger partial charge in [0, 0.05) is 5.54 Å². The summed E-state index contributed by atoms with van der Waals surface area (Å²) in [6, 6.07) is 8.27. The topological polar surface area (TPSA) is 21.3 Å². The van der Waals surface area contributed by atoms with E-state index >= 15 is 0 Å². The van der Waals surface area contributed by atoms with E-state index in [1.54, 1.807) is 7.11 Å². The summed E-state index contributed by atoms with van der Waals surface area (Å²) in [6.07, 6.45) is 3.49. The number of hydrogen-bond donors (Lipinski definition) is 1. The van der Waals surface area contributed by atoms with E-state index in [4.69, 9.17) is 4.74 Å². The number of unbranched alkanes of at least 4 members (excludes halogenated alkanes) is 1. The predicted molar refractivity (Wildman–Crippen MR) is 73.7 cm³/mol. The summed E-state index contributed by atoms with van der Waals surface area (Å²) in [5.74, 6) is 1.01. The van der Waals surface area contributed by atoms with E-state index in [0.717, 1.165) is 18.7 Å². The summed E-state index contributed by atoms with van der Waals surface area (Å²) < 4.78 is 5.34. The van der Waals surface area contributed by atoms with Gasteiger partial charge in [-0.15, -0.1) is 0 Å². The minimum Gasteiger partial charge on any atom is -0.496 e. The van der Waals surface area contributed by atoms with Crippen LogP contribution in [-0.2, 0) is 6.42 Å². The Balaban J connectivity index is 2.27. The smallest absolute Gasteiger partial charge is 0.122 e. The summed E-state index contributed by atoms with van der Waals surface area (Å²) in [6.45, 7) is 7.69. The van der Waals surface area contributed by atoms with Gasteiger partial charge >= 0.3 is 0 Å². The molecule has 1 aromatic carbocycles. The molecule has 0 bridgehead atoms. The molecule has 0 radical (unpaired) electrons. The first-order valence-corrected chi connectivity index (χ1v) is 6.40. The highest BCUT2D eigenvalue weighted by atomic mass is 16.5. The Labute approximate surface area is 105 Å². The van der Waals surface area contributed by atoms with Crippen molar-refractivity contribution >= 4 is 0 Å².